The lowest BCUT2D eigenvalue weighted by Crippen LogP contribution is -2.25. The van der Waals surface area contributed by atoms with Gasteiger partial charge in [0.15, 0.2) is 5.75 Å². The fourth-order valence-corrected chi connectivity index (χ4v) is 5.53. The summed E-state index contributed by atoms with van der Waals surface area (Å²) in [5, 5.41) is 4.18. The van der Waals surface area contributed by atoms with Gasteiger partial charge in [0.1, 0.15) is 0 Å². The number of methoxy groups -OCH3 is 1. The fraction of sp³-hybridized carbons (Fsp3) is 0.281. The van der Waals surface area contributed by atoms with Crippen molar-refractivity contribution >= 4 is 22.4 Å². The summed E-state index contributed by atoms with van der Waals surface area (Å²) < 4.78 is 52.2. The lowest BCUT2D eigenvalue weighted by atomic mass is 9.93. The third-order valence-corrected chi connectivity index (χ3v) is 7.60. The van der Waals surface area contributed by atoms with Crippen molar-refractivity contribution in [2.45, 2.75) is 51.1 Å². The van der Waals surface area contributed by atoms with Gasteiger partial charge >= 0.3 is 6.36 Å². The van der Waals surface area contributed by atoms with Crippen LogP contribution in [0.3, 0.4) is 0 Å². The van der Waals surface area contributed by atoms with Crippen LogP contribution < -0.4 is 15.4 Å². The molecule has 1 aliphatic heterocycles. The fourth-order valence-electron chi connectivity index (χ4n) is 5.53. The summed E-state index contributed by atoms with van der Waals surface area (Å²) in [6, 6.07) is 21.2. The van der Waals surface area contributed by atoms with Gasteiger partial charge in [0.25, 0.3) is 0 Å². The maximum atomic E-state index is 13.5. The highest BCUT2D eigenvalue weighted by Gasteiger charge is 2.33. The lowest BCUT2D eigenvalue weighted by molar-refractivity contribution is -0.274. The summed E-state index contributed by atoms with van der Waals surface area (Å²) in [5.41, 5.74) is 5.08. The summed E-state index contributed by atoms with van der Waals surface area (Å²) in [5.74, 6) is -0.308. The highest BCUT2D eigenvalue weighted by atomic mass is 19.4. The maximum absolute atomic E-state index is 13.5. The van der Waals surface area contributed by atoms with Crippen molar-refractivity contribution in [3.05, 3.63) is 90.0 Å². The number of hydrogen-bond donors (Lipinski definition) is 1. The molecule has 7 nitrogen and oxygen atoms in total. The molecule has 0 amide bonds. The first-order valence-electron chi connectivity index (χ1n) is 13.8. The minimum atomic E-state index is -4.85. The van der Waals surface area contributed by atoms with E-state index in [0.717, 1.165) is 42.8 Å². The van der Waals surface area contributed by atoms with Crippen LogP contribution in [0.2, 0.25) is 0 Å². The van der Waals surface area contributed by atoms with E-state index in [1.807, 2.05) is 55.5 Å². The Morgan fingerprint density at radius 3 is 2.45 bits per heavy atom. The number of pyridine rings is 1. The molecule has 216 valence electrons. The molecule has 10 heteroatoms. The highest BCUT2D eigenvalue weighted by Crippen LogP contribution is 2.36. The SMILES string of the molecule is COC1CCC(/N=c2\cc3n(-c4ccccc4OC(F)(F)F)c4ccccc4nc-3cc2Nc2cccnc2C)CC1. The molecule has 0 atom stereocenters. The Morgan fingerprint density at radius 2 is 1.69 bits per heavy atom. The van der Waals surface area contributed by atoms with Crippen molar-refractivity contribution in [3.63, 3.8) is 0 Å². The minimum absolute atomic E-state index is 0.0760. The van der Waals surface area contributed by atoms with E-state index in [0.29, 0.717) is 27.8 Å². The number of halogens is 3. The molecule has 1 aromatic heterocycles. The average Bonchev–Trinajstić information content (AvgIpc) is 2.97. The standard InChI is InChI=1S/C32H30F3N5O2/c1-20-23(9-7-17-36-20)38-25-18-27-30(19-26(25)37-21-13-15-22(41-2)16-14-21)40(28-10-4-3-8-24(28)39-27)29-11-5-6-12-31(29)42-32(33,34)35/h3-12,17-19,21-22,38H,13-16H2,1-2H3/b37-26+. The van der Waals surface area contributed by atoms with Crippen LogP contribution in [-0.4, -0.2) is 40.2 Å². The minimum Gasteiger partial charge on any atom is -0.404 e. The van der Waals surface area contributed by atoms with E-state index in [1.54, 1.807) is 30.0 Å². The van der Waals surface area contributed by atoms with Crippen LogP contribution in [0.4, 0.5) is 24.5 Å². The van der Waals surface area contributed by atoms with Crippen molar-refractivity contribution in [2.75, 3.05) is 12.4 Å². The third kappa shape index (κ3) is 5.80. The number of aryl methyl sites for hydroxylation is 1. The van der Waals surface area contributed by atoms with E-state index in [9.17, 15) is 13.2 Å². The maximum Gasteiger partial charge on any atom is 0.573 e. The van der Waals surface area contributed by atoms with Crippen molar-refractivity contribution in [1.29, 1.82) is 0 Å². The van der Waals surface area contributed by atoms with Crippen LogP contribution in [0.5, 0.6) is 5.75 Å². The van der Waals surface area contributed by atoms with Crippen molar-refractivity contribution in [3.8, 4) is 22.8 Å². The van der Waals surface area contributed by atoms with E-state index in [4.69, 9.17) is 14.7 Å². The second-order valence-electron chi connectivity index (χ2n) is 10.4. The van der Waals surface area contributed by atoms with E-state index in [2.05, 4.69) is 15.0 Å². The summed E-state index contributed by atoms with van der Waals surface area (Å²) in [6.07, 6.45) is 0.688. The van der Waals surface area contributed by atoms with Crippen LogP contribution in [0.1, 0.15) is 31.4 Å². The molecule has 2 heterocycles. The highest BCUT2D eigenvalue weighted by molar-refractivity contribution is 5.85. The number of aromatic nitrogens is 3. The quantitative estimate of drug-likeness (QED) is 0.215. The zero-order chi connectivity index (χ0) is 29.3. The van der Waals surface area contributed by atoms with Gasteiger partial charge in [-0.25, -0.2) is 4.98 Å². The molecule has 2 aliphatic carbocycles. The van der Waals surface area contributed by atoms with E-state index in [-0.39, 0.29) is 23.6 Å². The van der Waals surface area contributed by atoms with Gasteiger partial charge in [0, 0.05) is 13.3 Å². The molecular weight excluding hydrogens is 543 g/mol. The van der Waals surface area contributed by atoms with Crippen molar-refractivity contribution < 1.29 is 22.6 Å². The summed E-state index contributed by atoms with van der Waals surface area (Å²) in [7, 11) is 1.74. The molecule has 0 saturated heterocycles. The number of rotatable bonds is 6. The van der Waals surface area contributed by atoms with Crippen LogP contribution in [0, 0.1) is 6.92 Å². The first kappa shape index (κ1) is 27.7. The van der Waals surface area contributed by atoms with Crippen molar-refractivity contribution in [2.24, 2.45) is 4.99 Å². The Morgan fingerprint density at radius 1 is 0.929 bits per heavy atom. The molecule has 1 saturated carbocycles. The van der Waals surface area contributed by atoms with E-state index < -0.39 is 6.36 Å². The topological polar surface area (TPSA) is 73.6 Å². The molecule has 1 N–H and O–H groups in total. The first-order valence-corrected chi connectivity index (χ1v) is 13.8. The van der Waals surface area contributed by atoms with Gasteiger partial charge in [-0.15, -0.1) is 13.2 Å². The molecule has 1 fully saturated rings. The number of nitrogens with one attached hydrogen (secondary N) is 1. The Hall–Kier alpha value is -4.44. The Labute approximate surface area is 241 Å². The van der Waals surface area contributed by atoms with Crippen LogP contribution in [0.25, 0.3) is 28.1 Å². The first-order chi connectivity index (χ1) is 20.3. The molecule has 0 unspecified atom stereocenters. The third-order valence-electron chi connectivity index (χ3n) is 7.60. The number of benzene rings is 3. The Balaban J connectivity index is 1.60. The summed E-state index contributed by atoms with van der Waals surface area (Å²) in [6.45, 7) is 1.92. The second-order valence-corrected chi connectivity index (χ2v) is 10.4. The normalized spacial score (nSPS) is 18.0. The van der Waals surface area contributed by atoms with E-state index >= 15 is 0 Å². The van der Waals surface area contributed by atoms with Gasteiger partial charge in [0.2, 0.25) is 0 Å². The van der Waals surface area contributed by atoms with Crippen LogP contribution in [-0.2, 0) is 4.74 Å². The number of hydrogen-bond acceptors (Lipinski definition) is 6. The van der Waals surface area contributed by atoms with Crippen LogP contribution in [0.15, 0.2) is 84.0 Å². The smallest absolute Gasteiger partial charge is 0.404 e. The predicted molar refractivity (Wildman–Crippen MR) is 155 cm³/mol. The molecule has 42 heavy (non-hydrogen) atoms. The van der Waals surface area contributed by atoms with Gasteiger partial charge in [-0.05, 0) is 81.1 Å². The molecule has 0 radical (unpaired) electrons. The predicted octanol–water partition coefficient (Wildman–Crippen LogP) is 7.33. The molecule has 3 aromatic rings. The zero-order valence-corrected chi connectivity index (χ0v) is 23.2. The van der Waals surface area contributed by atoms with Gasteiger partial charge in [0.05, 0.1) is 62.7 Å². The number of ether oxygens (including phenoxy) is 2. The number of para-hydroxylation sites is 4. The number of alkyl halides is 3. The molecule has 0 spiro atoms. The number of anilines is 2. The van der Waals surface area contributed by atoms with Crippen molar-refractivity contribution in [1.82, 2.24) is 14.5 Å². The number of fused-ring (bicyclic) bond motifs is 2. The van der Waals surface area contributed by atoms with Gasteiger partial charge < -0.3 is 19.4 Å². The molecular formula is C32H30F3N5O2. The lowest BCUT2D eigenvalue weighted by Gasteiger charge is -2.25. The second kappa shape index (κ2) is 11.4. The van der Waals surface area contributed by atoms with Gasteiger partial charge in [-0.2, -0.15) is 0 Å². The Kier molecular flexibility index (Phi) is 7.55. The largest absolute Gasteiger partial charge is 0.573 e. The van der Waals surface area contributed by atoms with Gasteiger partial charge in [-0.1, -0.05) is 24.3 Å². The summed E-state index contributed by atoms with van der Waals surface area (Å²) in [4.78, 5) is 14.5. The van der Waals surface area contributed by atoms with Gasteiger partial charge in [-0.3, -0.25) is 9.98 Å². The number of nitrogens with zero attached hydrogens (tertiary/aromatic N) is 4. The molecule has 6 rings (SSSR count). The monoisotopic (exact) mass is 573 g/mol. The van der Waals surface area contributed by atoms with Crippen LogP contribution >= 0.6 is 0 Å². The molecule has 0 bridgehead atoms. The summed E-state index contributed by atoms with van der Waals surface area (Å²) >= 11 is 0. The average molecular weight is 574 g/mol. The zero-order valence-electron chi connectivity index (χ0n) is 23.2. The molecule has 2 aromatic carbocycles. The Bertz CT molecular complexity index is 1760. The van der Waals surface area contributed by atoms with E-state index in [1.165, 1.54) is 12.1 Å². The molecule has 3 aliphatic rings.